The number of fused-ring (bicyclic) bond motifs is 27. The van der Waals surface area contributed by atoms with Crippen molar-refractivity contribution in [2.75, 3.05) is 19.6 Å². The van der Waals surface area contributed by atoms with Crippen LogP contribution < -0.4 is 19.6 Å². The molecule has 0 radical (unpaired) electrons. The van der Waals surface area contributed by atoms with Gasteiger partial charge in [0.05, 0.1) is 66.2 Å². The van der Waals surface area contributed by atoms with Crippen molar-refractivity contribution in [1.29, 1.82) is 0 Å². The molecule has 0 atom stereocenters. The van der Waals surface area contributed by atoms with Crippen molar-refractivity contribution in [1.82, 2.24) is 27.4 Å². The summed E-state index contributed by atoms with van der Waals surface area (Å²) in [4.78, 5) is 9.63. The second kappa shape index (κ2) is 33.9. The monoisotopic (exact) mass is 1890 g/mol. The zero-order valence-corrected chi connectivity index (χ0v) is 80.4. The van der Waals surface area contributed by atoms with E-state index in [1.165, 1.54) is 80.8 Å². The zero-order chi connectivity index (χ0) is 97.1. The Morgan fingerprint density at radius 1 is 0.0946 bits per heavy atom. The summed E-state index contributed by atoms with van der Waals surface area (Å²) in [6.07, 6.45) is 0. The third kappa shape index (κ3) is 13.1. The highest BCUT2D eigenvalue weighted by Gasteiger charge is 2.31. The fourth-order valence-electron chi connectivity index (χ4n) is 24.5. The number of anilines is 12. The van der Waals surface area contributed by atoms with Crippen LogP contribution in [0.15, 0.2) is 546 Å². The van der Waals surface area contributed by atoms with Crippen LogP contribution in [-0.2, 0) is 0 Å². The Bertz CT molecular complexity index is 9440. The molecule has 0 aliphatic rings. The predicted octanol–water partition coefficient (Wildman–Crippen LogP) is 37.6. The van der Waals surface area contributed by atoms with Gasteiger partial charge in [0.1, 0.15) is 0 Å². The Kier molecular flexibility index (Phi) is 19.2. The molecule has 0 saturated carbocycles. The van der Waals surface area contributed by atoms with Gasteiger partial charge >= 0.3 is 0 Å². The van der Waals surface area contributed by atoms with Crippen LogP contribution in [-0.4, -0.2) is 27.4 Å². The summed E-state index contributed by atoms with van der Waals surface area (Å²) in [6, 6.07) is 202. The topological polar surface area (TPSA) is 42.5 Å². The first kappa shape index (κ1) is 83.8. The molecule has 0 saturated heterocycles. The molecule has 24 aromatic carbocycles. The first-order valence-corrected chi connectivity index (χ1v) is 50.8. The van der Waals surface area contributed by atoms with Crippen molar-refractivity contribution < 1.29 is 0 Å². The highest BCUT2D eigenvalue weighted by atomic mass is 15.2. The molecule has 0 amide bonds. The maximum Gasteiger partial charge on any atom is 0.0562 e. The maximum absolute atomic E-state index is 2.53. The lowest BCUT2D eigenvalue weighted by Crippen LogP contribution is -2.10. The van der Waals surface area contributed by atoms with E-state index >= 15 is 0 Å². The van der Waals surface area contributed by atoms with Gasteiger partial charge in [-0.15, -0.1) is 0 Å². The zero-order valence-electron chi connectivity index (χ0n) is 80.4. The Labute approximate surface area is 852 Å². The van der Waals surface area contributed by atoms with E-state index in [0.29, 0.717) is 0 Å². The summed E-state index contributed by atoms with van der Waals surface area (Å²) in [5, 5.41) is 21.2. The molecule has 692 valence electrons. The van der Waals surface area contributed by atoms with Gasteiger partial charge in [0.15, 0.2) is 0 Å². The van der Waals surface area contributed by atoms with Crippen molar-refractivity contribution in [3.63, 3.8) is 0 Å². The van der Waals surface area contributed by atoms with Crippen LogP contribution in [0.5, 0.6) is 0 Å². The minimum atomic E-state index is 0.993. The molecule has 0 unspecified atom stereocenters. The number of hydrogen-bond acceptors (Lipinski definition) is 4. The molecule has 0 fully saturated rings. The van der Waals surface area contributed by atoms with Gasteiger partial charge in [-0.1, -0.05) is 291 Å². The number of hydrogen-bond donors (Lipinski definition) is 0. The van der Waals surface area contributed by atoms with E-state index in [9.17, 15) is 0 Å². The van der Waals surface area contributed by atoms with E-state index in [4.69, 9.17) is 0 Å². The van der Waals surface area contributed by atoms with Crippen LogP contribution in [0.4, 0.5) is 68.2 Å². The maximum atomic E-state index is 2.53. The smallest absolute Gasteiger partial charge is 0.0562 e. The highest BCUT2D eigenvalue weighted by molar-refractivity contribution is 6.34. The Balaban J connectivity index is 0.659. The summed E-state index contributed by atoms with van der Waals surface area (Å²) in [6.45, 7) is 0. The Hall–Kier alpha value is -19.9. The van der Waals surface area contributed by atoms with Crippen molar-refractivity contribution in [3.8, 4) is 34.1 Å². The first-order chi connectivity index (χ1) is 73.5. The highest BCUT2D eigenvalue weighted by Crippen LogP contribution is 2.54. The van der Waals surface area contributed by atoms with E-state index < -0.39 is 0 Å². The molecule has 0 aliphatic heterocycles. The predicted molar refractivity (Wildman–Crippen MR) is 624 cm³/mol. The van der Waals surface area contributed by atoms with Gasteiger partial charge in [-0.25, -0.2) is 0 Å². The molecule has 10 heteroatoms. The van der Waals surface area contributed by atoms with E-state index in [0.717, 1.165) is 185 Å². The first-order valence-electron chi connectivity index (χ1n) is 50.8. The van der Waals surface area contributed by atoms with Gasteiger partial charge in [-0.2, -0.15) is 0 Å². The molecular formula is C138H90N10. The SMILES string of the molecule is c1ccc(N(c2ccccc2)c2ccc3c4c5ccc6c(c5ccc4n(-c4ccccc4)c3c2)c2ccc(N(c3ccc4c5c7ccc8c(c7ccc5n(-c5ccccc5)c4c3)c3ccc(N(c4ccccc4)c4ccccc4)cc3n8-c3ccccc3)c3ccc4c5c7ccc8c(c7ccc5n(-c5ccccc5)c4c3)c3ccc(N(c4ccccc4)c4ccccc4)cc3n8-c3ccccc3)cc2n6-c2ccccc2)cc1. The van der Waals surface area contributed by atoms with E-state index in [-0.39, 0.29) is 0 Å². The number of rotatable bonds is 18. The molecule has 6 aromatic heterocycles. The van der Waals surface area contributed by atoms with Gasteiger partial charge in [0.25, 0.3) is 0 Å². The molecule has 0 N–H and O–H groups in total. The van der Waals surface area contributed by atoms with Crippen molar-refractivity contribution in [2.45, 2.75) is 0 Å². The minimum absolute atomic E-state index is 0.993. The fraction of sp³-hybridized carbons (Fsp3) is 0. The van der Waals surface area contributed by atoms with Crippen LogP contribution in [0.2, 0.25) is 0 Å². The summed E-state index contributed by atoms with van der Waals surface area (Å²) in [5.41, 5.74) is 32.5. The average Bonchev–Trinajstić information content (AvgIpc) is 1.55. The van der Waals surface area contributed by atoms with E-state index in [2.05, 4.69) is 593 Å². The van der Waals surface area contributed by atoms with Gasteiger partial charge in [-0.3, -0.25) is 0 Å². The molecule has 0 bridgehead atoms. The quantitative estimate of drug-likeness (QED) is 0.0859. The summed E-state index contributed by atoms with van der Waals surface area (Å²) in [7, 11) is 0. The van der Waals surface area contributed by atoms with Crippen LogP contribution >= 0.6 is 0 Å². The third-order valence-corrected chi connectivity index (χ3v) is 30.6. The summed E-state index contributed by atoms with van der Waals surface area (Å²) >= 11 is 0. The molecule has 30 rings (SSSR count). The van der Waals surface area contributed by atoms with Crippen molar-refractivity contribution >= 4 is 231 Å². The third-order valence-electron chi connectivity index (χ3n) is 30.6. The van der Waals surface area contributed by atoms with Gasteiger partial charge in [0.2, 0.25) is 0 Å². The Morgan fingerprint density at radius 2 is 0.216 bits per heavy atom. The second-order valence-corrected chi connectivity index (χ2v) is 38.6. The van der Waals surface area contributed by atoms with Crippen molar-refractivity contribution in [2.24, 2.45) is 0 Å². The van der Waals surface area contributed by atoms with Crippen LogP contribution in [0.25, 0.3) is 197 Å². The normalized spacial score (nSPS) is 11.9. The summed E-state index contributed by atoms with van der Waals surface area (Å²) < 4.78 is 14.9. The summed E-state index contributed by atoms with van der Waals surface area (Å²) in [5.74, 6) is 0. The van der Waals surface area contributed by atoms with Gasteiger partial charge in [-0.05, 0) is 287 Å². The molecule has 30 aromatic rings. The van der Waals surface area contributed by atoms with Gasteiger partial charge < -0.3 is 47.0 Å². The van der Waals surface area contributed by atoms with Crippen molar-refractivity contribution in [3.05, 3.63) is 546 Å². The number of para-hydroxylation sites is 12. The fourth-order valence-corrected chi connectivity index (χ4v) is 24.5. The molecule has 148 heavy (non-hydrogen) atoms. The lowest BCUT2D eigenvalue weighted by molar-refractivity contribution is 1.17. The second-order valence-electron chi connectivity index (χ2n) is 38.6. The molecule has 0 aliphatic carbocycles. The van der Waals surface area contributed by atoms with Crippen LogP contribution in [0.3, 0.4) is 0 Å². The lowest BCUT2D eigenvalue weighted by Gasteiger charge is -2.26. The van der Waals surface area contributed by atoms with Crippen LogP contribution in [0.1, 0.15) is 0 Å². The molecular weight excluding hydrogens is 1800 g/mol. The van der Waals surface area contributed by atoms with Gasteiger partial charge in [0, 0.05) is 167 Å². The molecule has 6 heterocycles. The average molecular weight is 1890 g/mol. The number of aromatic nitrogens is 6. The standard InChI is InChI=1S/C138H90N10/c1-13-37-91(38-14-1)139(92-39-15-2-16-40-92)103-61-67-115-127(85-103)143(97-49-25-7-26-50-97)121-79-73-112-109(133(115)121)76-82-124-136(112)118-70-64-106(88-130(118)146(124)100-55-31-10-32-56-100)142(107-65-71-119-131(89-107)147(101-57-33-11-34-58-101)125-83-77-110-113(137(119)125)74-80-122-134(110)116-68-62-104(86-128(116)144(122)98-51-27-8-28-52-98)140(93-41-17-3-18-42-93)94-43-19-4-20-44-94)108-66-72-120-132(90-108)148(102-59-35-12-36-60-102)126-84-78-111-114(138(120)126)75-81-123-135(111)117-69-63-105(87-129(117)145(123)99-53-29-9-30-54-99)141(95-45-21-5-22-46-95)96-47-23-6-24-48-96/h1-90H. The number of nitrogens with zero attached hydrogens (tertiary/aromatic N) is 10. The Morgan fingerprint density at radius 3 is 0.358 bits per heavy atom. The minimum Gasteiger partial charge on any atom is -0.310 e. The largest absolute Gasteiger partial charge is 0.310 e. The van der Waals surface area contributed by atoms with E-state index in [1.807, 2.05) is 0 Å². The number of benzene rings is 24. The molecule has 10 nitrogen and oxygen atoms in total. The van der Waals surface area contributed by atoms with Crippen LogP contribution in [0, 0.1) is 0 Å². The van der Waals surface area contributed by atoms with E-state index in [1.54, 1.807) is 0 Å². The molecule has 0 spiro atoms. The lowest BCUT2D eigenvalue weighted by atomic mass is 9.98.